The Morgan fingerprint density at radius 1 is 1.38 bits per heavy atom. The van der Waals surface area contributed by atoms with Crippen LogP contribution in [0.15, 0.2) is 24.3 Å². The summed E-state index contributed by atoms with van der Waals surface area (Å²) in [4.78, 5) is 15.0. The maximum atomic E-state index is 12.0. The van der Waals surface area contributed by atoms with Crippen LogP contribution in [0.2, 0.25) is 0 Å². The normalized spacial score (nSPS) is 17.2. The molecule has 1 aromatic heterocycles. The van der Waals surface area contributed by atoms with Gasteiger partial charge in [-0.2, -0.15) is 0 Å². The van der Waals surface area contributed by atoms with Gasteiger partial charge in [0.1, 0.15) is 0 Å². The van der Waals surface area contributed by atoms with E-state index in [4.69, 9.17) is 5.84 Å². The van der Waals surface area contributed by atoms with Gasteiger partial charge in [0.05, 0.1) is 11.0 Å². The van der Waals surface area contributed by atoms with Gasteiger partial charge in [0, 0.05) is 24.3 Å². The zero-order chi connectivity index (χ0) is 14.8. The smallest absolute Gasteiger partial charge is 0.275 e. The predicted octanol–water partition coefficient (Wildman–Crippen LogP) is 1.46. The first-order valence-electron chi connectivity index (χ1n) is 7.11. The number of benzene rings is 1. The fourth-order valence-corrected chi connectivity index (χ4v) is 3.92. The van der Waals surface area contributed by atoms with E-state index in [2.05, 4.69) is 10.3 Å². The molecule has 1 saturated heterocycles. The topological polar surface area (TPSA) is 78.6 Å². The maximum Gasteiger partial charge on any atom is 0.275 e. The van der Waals surface area contributed by atoms with E-state index < -0.39 is 0 Å². The highest BCUT2D eigenvalue weighted by atomic mass is 32.1. The molecule has 0 bridgehead atoms. The van der Waals surface area contributed by atoms with Gasteiger partial charge in [0.2, 0.25) is 0 Å². The summed E-state index contributed by atoms with van der Waals surface area (Å²) in [7, 11) is 0. The van der Waals surface area contributed by atoms with E-state index in [1.807, 2.05) is 24.3 Å². The standard InChI is InChI=1S/C15H19N3O2S/c16-17-15(20)14-12(9-18-7-5-10(19)6-8-18)11-3-1-2-4-13(11)21-14/h1-4,10,19H,5-9,16H2,(H,17,20). The van der Waals surface area contributed by atoms with E-state index in [-0.39, 0.29) is 12.0 Å². The van der Waals surface area contributed by atoms with Crippen molar-refractivity contribution in [3.63, 3.8) is 0 Å². The molecule has 0 atom stereocenters. The number of likely N-dealkylation sites (tertiary alicyclic amines) is 1. The highest BCUT2D eigenvalue weighted by Crippen LogP contribution is 2.32. The second kappa shape index (κ2) is 6.11. The minimum absolute atomic E-state index is 0.188. The number of aliphatic hydroxyl groups excluding tert-OH is 1. The van der Waals surface area contributed by atoms with Gasteiger partial charge in [0.15, 0.2) is 0 Å². The van der Waals surface area contributed by atoms with Crippen molar-refractivity contribution in [3.8, 4) is 0 Å². The molecule has 2 heterocycles. The maximum absolute atomic E-state index is 12.0. The Bertz CT molecular complexity index is 647. The van der Waals surface area contributed by atoms with E-state index in [1.54, 1.807) is 0 Å². The van der Waals surface area contributed by atoms with Gasteiger partial charge in [-0.25, -0.2) is 5.84 Å². The lowest BCUT2D eigenvalue weighted by atomic mass is 10.1. The van der Waals surface area contributed by atoms with E-state index in [9.17, 15) is 9.90 Å². The Hall–Kier alpha value is -1.47. The van der Waals surface area contributed by atoms with Crippen LogP contribution in [-0.2, 0) is 6.54 Å². The second-order valence-corrected chi connectivity index (χ2v) is 6.44. The average molecular weight is 305 g/mol. The molecule has 1 fully saturated rings. The fraction of sp³-hybridized carbons (Fsp3) is 0.400. The molecule has 0 unspecified atom stereocenters. The van der Waals surface area contributed by atoms with Gasteiger partial charge in [0.25, 0.3) is 5.91 Å². The third kappa shape index (κ3) is 2.94. The summed E-state index contributed by atoms with van der Waals surface area (Å²) >= 11 is 1.48. The molecule has 1 aliphatic rings. The van der Waals surface area contributed by atoms with E-state index in [0.717, 1.165) is 48.1 Å². The summed E-state index contributed by atoms with van der Waals surface area (Å²) in [6, 6.07) is 8.04. The zero-order valence-corrected chi connectivity index (χ0v) is 12.5. The van der Waals surface area contributed by atoms with Crippen molar-refractivity contribution in [2.75, 3.05) is 13.1 Å². The lowest BCUT2D eigenvalue weighted by Crippen LogP contribution is -2.36. The highest BCUT2D eigenvalue weighted by Gasteiger charge is 2.22. The largest absolute Gasteiger partial charge is 0.393 e. The fourth-order valence-electron chi connectivity index (χ4n) is 2.81. The van der Waals surface area contributed by atoms with Gasteiger partial charge >= 0.3 is 0 Å². The number of aliphatic hydroxyl groups is 1. The van der Waals surface area contributed by atoms with Crippen LogP contribution < -0.4 is 11.3 Å². The number of nitrogens with one attached hydrogen (secondary N) is 1. The Balaban J connectivity index is 1.93. The third-order valence-electron chi connectivity index (χ3n) is 3.97. The molecular weight excluding hydrogens is 286 g/mol. The van der Waals surface area contributed by atoms with Crippen LogP contribution in [0.5, 0.6) is 0 Å². The van der Waals surface area contributed by atoms with E-state index >= 15 is 0 Å². The van der Waals surface area contributed by atoms with Gasteiger partial charge in [-0.1, -0.05) is 18.2 Å². The molecule has 0 aliphatic carbocycles. The summed E-state index contributed by atoms with van der Waals surface area (Å²) in [5.41, 5.74) is 3.28. The first kappa shape index (κ1) is 14.5. The van der Waals surface area contributed by atoms with Crippen LogP contribution in [0.25, 0.3) is 10.1 Å². The zero-order valence-electron chi connectivity index (χ0n) is 11.7. The molecule has 1 aromatic carbocycles. The van der Waals surface area contributed by atoms with Gasteiger partial charge in [-0.15, -0.1) is 11.3 Å². The number of rotatable bonds is 3. The van der Waals surface area contributed by atoms with Crippen LogP contribution in [0.4, 0.5) is 0 Å². The molecular formula is C15H19N3O2S. The summed E-state index contributed by atoms with van der Waals surface area (Å²) in [6.45, 7) is 2.43. The number of nitrogens with zero attached hydrogens (tertiary/aromatic N) is 1. The molecule has 5 nitrogen and oxygen atoms in total. The lowest BCUT2D eigenvalue weighted by molar-refractivity contribution is 0.0789. The van der Waals surface area contributed by atoms with Crippen molar-refractivity contribution < 1.29 is 9.90 Å². The summed E-state index contributed by atoms with van der Waals surface area (Å²) in [5, 5.41) is 10.7. The van der Waals surface area contributed by atoms with Gasteiger partial charge in [-0.05, 0) is 29.9 Å². The van der Waals surface area contributed by atoms with E-state index in [1.165, 1.54) is 11.3 Å². The van der Waals surface area contributed by atoms with Crippen molar-refractivity contribution in [3.05, 3.63) is 34.7 Å². The molecule has 0 radical (unpaired) electrons. The summed E-state index contributed by atoms with van der Waals surface area (Å²) in [6.07, 6.45) is 1.40. The van der Waals surface area contributed by atoms with Crippen LogP contribution in [0, 0.1) is 0 Å². The van der Waals surface area contributed by atoms with Crippen molar-refractivity contribution in [2.24, 2.45) is 5.84 Å². The van der Waals surface area contributed by atoms with Gasteiger partial charge < -0.3 is 5.11 Å². The Kier molecular flexibility index (Phi) is 4.21. The number of carbonyl (C=O) groups excluding carboxylic acids is 1. The summed E-state index contributed by atoms with van der Waals surface area (Å²) in [5.74, 6) is 5.07. The number of fused-ring (bicyclic) bond motifs is 1. The van der Waals surface area contributed by atoms with Crippen LogP contribution in [0.1, 0.15) is 28.1 Å². The molecule has 4 N–H and O–H groups in total. The third-order valence-corrected chi connectivity index (χ3v) is 5.19. The van der Waals surface area contributed by atoms with E-state index in [0.29, 0.717) is 4.88 Å². The number of thiophene rings is 1. The van der Waals surface area contributed by atoms with Gasteiger partial charge in [-0.3, -0.25) is 15.1 Å². The van der Waals surface area contributed by atoms with Crippen LogP contribution in [-0.4, -0.2) is 35.1 Å². The molecule has 3 rings (SSSR count). The number of hydrogen-bond acceptors (Lipinski definition) is 5. The van der Waals surface area contributed by atoms with Crippen molar-refractivity contribution in [1.29, 1.82) is 0 Å². The Morgan fingerprint density at radius 2 is 2.10 bits per heavy atom. The van der Waals surface area contributed by atoms with Crippen molar-refractivity contribution >= 4 is 27.3 Å². The lowest BCUT2D eigenvalue weighted by Gasteiger charge is -2.29. The first-order valence-corrected chi connectivity index (χ1v) is 7.92. The molecule has 6 heteroatoms. The molecule has 1 aliphatic heterocycles. The highest BCUT2D eigenvalue weighted by molar-refractivity contribution is 7.21. The number of piperidine rings is 1. The Labute approximate surface area is 127 Å². The van der Waals surface area contributed by atoms with Crippen molar-refractivity contribution in [1.82, 2.24) is 10.3 Å². The number of hydrazine groups is 1. The SMILES string of the molecule is NNC(=O)c1sc2ccccc2c1CN1CCC(O)CC1. The summed E-state index contributed by atoms with van der Waals surface area (Å²) < 4.78 is 1.10. The number of hydrogen-bond donors (Lipinski definition) is 3. The van der Waals surface area contributed by atoms with Crippen LogP contribution in [0.3, 0.4) is 0 Å². The monoisotopic (exact) mass is 305 g/mol. The minimum Gasteiger partial charge on any atom is -0.393 e. The number of carbonyl (C=O) groups is 1. The quantitative estimate of drug-likeness (QED) is 0.456. The predicted molar refractivity (Wildman–Crippen MR) is 84.0 cm³/mol. The number of nitrogens with two attached hydrogens (primary N) is 1. The van der Waals surface area contributed by atoms with Crippen LogP contribution >= 0.6 is 11.3 Å². The second-order valence-electron chi connectivity index (χ2n) is 5.39. The molecule has 1 amide bonds. The molecule has 112 valence electrons. The Morgan fingerprint density at radius 3 is 2.81 bits per heavy atom. The number of nitrogen functional groups attached to an aromatic ring is 1. The minimum atomic E-state index is -0.233. The number of amides is 1. The van der Waals surface area contributed by atoms with Crippen molar-refractivity contribution in [2.45, 2.75) is 25.5 Å². The molecule has 21 heavy (non-hydrogen) atoms. The molecule has 2 aromatic rings. The average Bonchev–Trinajstić information content (AvgIpc) is 2.88. The molecule has 0 saturated carbocycles. The molecule has 0 spiro atoms. The first-order chi connectivity index (χ1) is 10.2.